The third kappa shape index (κ3) is 25.9. The van der Waals surface area contributed by atoms with Crippen molar-refractivity contribution in [3.8, 4) is 0 Å². The molecule has 0 aromatic rings. The van der Waals surface area contributed by atoms with Crippen LogP contribution in [-0.4, -0.2) is 17.9 Å². The fourth-order valence-electron chi connectivity index (χ4n) is 3.26. The maximum atomic E-state index is 10.3. The molecule has 7 heteroatoms. The van der Waals surface area contributed by atoms with Gasteiger partial charge in [-0.15, -0.1) is 0 Å². The van der Waals surface area contributed by atoms with Gasteiger partial charge in [-0.1, -0.05) is 80.1 Å². The zero-order valence-corrected chi connectivity index (χ0v) is 26.1. The summed E-state index contributed by atoms with van der Waals surface area (Å²) < 4.78 is 1.56. The minimum absolute atomic E-state index is 0.222. The molecule has 0 fully saturated rings. The number of carboxylic acids is 3. The van der Waals surface area contributed by atoms with Crippen molar-refractivity contribution >= 4 is 17.9 Å². The Balaban J connectivity index is -0.000000409. The zero-order valence-electron chi connectivity index (χ0n) is 23.6. The van der Waals surface area contributed by atoms with Crippen LogP contribution in [0.1, 0.15) is 125 Å². The number of carbonyl (C=O) groups is 3. The molecule has 3 atom stereocenters. The first-order valence-electron chi connectivity index (χ1n) is 13.8. The molecule has 0 saturated heterocycles. The van der Waals surface area contributed by atoms with E-state index in [0.717, 1.165) is 57.8 Å². The molecule has 0 saturated carbocycles. The maximum absolute atomic E-state index is 10.3. The number of aliphatic carboxylic acids is 3. The van der Waals surface area contributed by atoms with E-state index in [2.05, 4.69) is 39.0 Å². The van der Waals surface area contributed by atoms with Crippen LogP contribution in [0.25, 0.3) is 0 Å². The van der Waals surface area contributed by atoms with Gasteiger partial charge in [0.15, 0.2) is 0 Å². The summed E-state index contributed by atoms with van der Waals surface area (Å²) in [6.07, 6.45) is 18.3. The Bertz CT molecular complexity index is 553. The first-order valence-corrected chi connectivity index (χ1v) is 15.0. The second kappa shape index (κ2) is 28.3. The summed E-state index contributed by atoms with van der Waals surface area (Å²) >= 11 is 1.56. The molecule has 1 rings (SSSR count). The van der Waals surface area contributed by atoms with Gasteiger partial charge in [0.05, 0.1) is 0 Å². The van der Waals surface area contributed by atoms with E-state index in [1.807, 2.05) is 20.8 Å². The number of carbonyl (C=O) groups excluding carboxylic acids is 3. The van der Waals surface area contributed by atoms with E-state index in [9.17, 15) is 29.7 Å². The third-order valence-corrected chi connectivity index (χ3v) is 6.88. The van der Waals surface area contributed by atoms with Gasteiger partial charge in [-0.25, -0.2) is 0 Å². The van der Waals surface area contributed by atoms with Gasteiger partial charge in [0.25, 0.3) is 0 Å². The summed E-state index contributed by atoms with van der Waals surface area (Å²) in [4.78, 5) is 31.0. The van der Waals surface area contributed by atoms with Crippen molar-refractivity contribution in [2.24, 2.45) is 17.8 Å². The van der Waals surface area contributed by atoms with Gasteiger partial charge >= 0.3 is 52.6 Å². The SMILES string of the molecule is CCCCC(CC)C(=O)[O-].CCCCC(CC)C(=O)[O-].CCCCC(CC)C(=O)[O-].[Zr+3][C]1=CC=CC1. The Kier molecular flexibility index (Phi) is 30.9. The van der Waals surface area contributed by atoms with E-state index >= 15 is 0 Å². The molecule has 0 spiro atoms. The Morgan fingerprint density at radius 1 is 0.694 bits per heavy atom. The van der Waals surface area contributed by atoms with Crippen LogP contribution in [0.5, 0.6) is 0 Å². The number of rotatable bonds is 15. The Labute approximate surface area is 235 Å². The van der Waals surface area contributed by atoms with Gasteiger partial charge < -0.3 is 29.7 Å². The Hall–Kier alpha value is -1.23. The summed E-state index contributed by atoms with van der Waals surface area (Å²) in [5, 5.41) is 31.0. The standard InChI is InChI=1S/3C8H16O2.C5H5.Zr/c3*1-3-5-6-7(4-2)8(9)10;1-2-4-5-3-1;/h3*7H,3-6H2,1-2H3,(H,9,10);1-3H,4H2;/q;;;;+3/p-3. The van der Waals surface area contributed by atoms with E-state index in [1.165, 1.54) is 6.42 Å². The normalized spacial score (nSPS) is 13.9. The summed E-state index contributed by atoms with van der Waals surface area (Å²) in [5.74, 6) is -3.34. The molecule has 36 heavy (non-hydrogen) atoms. The van der Waals surface area contributed by atoms with E-state index in [4.69, 9.17) is 0 Å². The Morgan fingerprint density at radius 3 is 1.11 bits per heavy atom. The van der Waals surface area contributed by atoms with Gasteiger partial charge in [-0.05, 0) is 56.3 Å². The molecule has 0 radical (unpaired) electrons. The van der Waals surface area contributed by atoms with Crippen LogP contribution in [0, 0.1) is 17.8 Å². The van der Waals surface area contributed by atoms with Crippen molar-refractivity contribution < 1.29 is 54.4 Å². The van der Waals surface area contributed by atoms with Crippen LogP contribution in [0.15, 0.2) is 21.5 Å². The molecule has 0 aromatic heterocycles. The molecule has 0 aliphatic heterocycles. The average Bonchev–Trinajstić information content (AvgIpc) is 3.32. The van der Waals surface area contributed by atoms with Crippen molar-refractivity contribution in [2.45, 2.75) is 125 Å². The number of allylic oxidation sites excluding steroid dienone is 4. The molecule has 6 nitrogen and oxygen atoms in total. The Morgan fingerprint density at radius 2 is 1.00 bits per heavy atom. The van der Waals surface area contributed by atoms with Gasteiger partial charge in [-0.3, -0.25) is 0 Å². The quantitative estimate of drug-likeness (QED) is 0.284. The summed E-state index contributed by atoms with van der Waals surface area (Å²) in [5.41, 5.74) is 0. The molecular weight excluding hydrogens is 536 g/mol. The second-order valence-electron chi connectivity index (χ2n) is 9.02. The van der Waals surface area contributed by atoms with Crippen LogP contribution in [0.3, 0.4) is 0 Å². The first kappa shape index (κ1) is 39.3. The molecule has 3 unspecified atom stereocenters. The molecule has 0 heterocycles. The van der Waals surface area contributed by atoms with E-state index < -0.39 is 17.9 Å². The summed E-state index contributed by atoms with van der Waals surface area (Å²) in [6, 6.07) is 0. The van der Waals surface area contributed by atoms with E-state index in [-0.39, 0.29) is 17.8 Å². The van der Waals surface area contributed by atoms with Gasteiger partial charge in [0, 0.05) is 17.9 Å². The molecule has 1 aliphatic carbocycles. The van der Waals surface area contributed by atoms with Gasteiger partial charge in [0.1, 0.15) is 0 Å². The number of carboxylic acid groups (broad SMARTS) is 3. The van der Waals surface area contributed by atoms with Crippen molar-refractivity contribution in [1.29, 1.82) is 0 Å². The monoisotopic (exact) mass is 584 g/mol. The molecule has 0 N–H and O–H groups in total. The predicted octanol–water partition coefficient (Wildman–Crippen LogP) is 4.24. The van der Waals surface area contributed by atoms with Gasteiger partial charge in [0.2, 0.25) is 0 Å². The fraction of sp³-hybridized carbons (Fsp3) is 0.759. The predicted molar refractivity (Wildman–Crippen MR) is 137 cm³/mol. The number of hydrogen-bond acceptors (Lipinski definition) is 6. The number of unbranched alkanes of at least 4 members (excludes halogenated alkanes) is 3. The average molecular weight is 586 g/mol. The molecule has 0 bridgehead atoms. The third-order valence-electron chi connectivity index (χ3n) is 5.97. The van der Waals surface area contributed by atoms with Crippen molar-refractivity contribution in [1.82, 2.24) is 0 Å². The van der Waals surface area contributed by atoms with Crippen molar-refractivity contribution in [3.05, 3.63) is 21.5 Å². The van der Waals surface area contributed by atoms with Crippen LogP contribution in [-0.2, 0) is 39.1 Å². The fourth-order valence-corrected chi connectivity index (χ4v) is 3.79. The first-order chi connectivity index (χ1) is 17.1. The van der Waals surface area contributed by atoms with Crippen molar-refractivity contribution in [2.75, 3.05) is 0 Å². The zero-order chi connectivity index (χ0) is 28.4. The topological polar surface area (TPSA) is 120 Å². The van der Waals surface area contributed by atoms with Crippen molar-refractivity contribution in [3.63, 3.8) is 0 Å². The van der Waals surface area contributed by atoms with Crippen LogP contribution in [0.2, 0.25) is 0 Å². The van der Waals surface area contributed by atoms with E-state index in [0.29, 0.717) is 19.3 Å². The molecule has 0 amide bonds. The molecular formula is C29H50O6Zr. The molecule has 206 valence electrons. The summed E-state index contributed by atoms with van der Waals surface area (Å²) in [6.45, 7) is 11.8. The number of hydrogen-bond donors (Lipinski definition) is 0. The molecule has 0 aromatic carbocycles. The molecule has 1 aliphatic rings. The second-order valence-corrected chi connectivity index (χ2v) is 10.6. The minimum atomic E-state index is -0.893. The van der Waals surface area contributed by atoms with E-state index in [1.54, 1.807) is 28.0 Å². The summed E-state index contributed by atoms with van der Waals surface area (Å²) in [7, 11) is 0. The van der Waals surface area contributed by atoms with Crippen LogP contribution >= 0.6 is 0 Å². The van der Waals surface area contributed by atoms with Gasteiger partial charge in [-0.2, -0.15) is 0 Å². The van der Waals surface area contributed by atoms with Crippen LogP contribution in [0.4, 0.5) is 0 Å². The van der Waals surface area contributed by atoms with Crippen LogP contribution < -0.4 is 15.3 Å².